The van der Waals surface area contributed by atoms with E-state index in [0.29, 0.717) is 10.7 Å². The van der Waals surface area contributed by atoms with Crippen LogP contribution in [0.25, 0.3) is 17.1 Å². The largest absolute Gasteiger partial charge is 0.872 e. The van der Waals surface area contributed by atoms with E-state index in [0.717, 1.165) is 21.5 Å². The van der Waals surface area contributed by atoms with Gasteiger partial charge in [0, 0.05) is 4.47 Å². The maximum atomic E-state index is 12.3. The number of carbonyl (C=O) groups excluding carboxylic acids is 1. The summed E-state index contributed by atoms with van der Waals surface area (Å²) in [4.78, 5) is 12.3. The van der Waals surface area contributed by atoms with E-state index >= 15 is 0 Å². The number of nitrogens with one attached hydrogen (secondary N) is 2. The lowest BCUT2D eigenvalue weighted by Gasteiger charge is -2.07. The average Bonchev–Trinajstić information content (AvgIpc) is 3.24. The van der Waals surface area contributed by atoms with Crippen LogP contribution in [0.4, 0.5) is 0 Å². The molecule has 4 rings (SSSR count). The highest BCUT2D eigenvalue weighted by molar-refractivity contribution is 9.10. The van der Waals surface area contributed by atoms with E-state index in [-0.39, 0.29) is 17.4 Å². The number of aromatic nitrogens is 3. The highest BCUT2D eigenvalue weighted by atomic mass is 79.9. The molecule has 32 heavy (non-hydrogen) atoms. The fourth-order valence-electron chi connectivity index (χ4n) is 2.94. The zero-order chi connectivity index (χ0) is 22.3. The van der Waals surface area contributed by atoms with Crippen molar-refractivity contribution in [1.82, 2.24) is 15.6 Å². The number of hydrogen-bond donors (Lipinski definition) is 2. The Balaban J connectivity index is 1.51. The van der Waals surface area contributed by atoms with Crippen molar-refractivity contribution in [3.05, 3.63) is 88.9 Å². The first-order valence-electron chi connectivity index (χ1n) is 9.64. The number of nitrogens with zero attached hydrogens (tertiary/aromatic N) is 3. The summed E-state index contributed by atoms with van der Waals surface area (Å²) in [6.45, 7) is 0. The topological polar surface area (TPSA) is 97.1 Å². The number of hydrazone groups is 1. The second-order valence-electron chi connectivity index (χ2n) is 6.65. The van der Waals surface area contributed by atoms with Crippen molar-refractivity contribution in [1.29, 1.82) is 0 Å². The molecule has 0 atom stereocenters. The van der Waals surface area contributed by atoms with Crippen molar-refractivity contribution in [3.63, 3.8) is 0 Å². The Morgan fingerprint density at radius 1 is 1.09 bits per heavy atom. The second-order valence-corrected chi connectivity index (χ2v) is 8.51. The fourth-order valence-corrected chi connectivity index (χ4v) is 3.96. The molecule has 0 radical (unpaired) electrons. The lowest BCUT2D eigenvalue weighted by Crippen LogP contribution is -2.34. The van der Waals surface area contributed by atoms with Gasteiger partial charge in [-0.1, -0.05) is 64.1 Å². The summed E-state index contributed by atoms with van der Waals surface area (Å²) in [5, 5.41) is 23.7. The van der Waals surface area contributed by atoms with Crippen LogP contribution >= 0.6 is 27.7 Å². The standard InChI is InChI=1S/C23H18BrN5O2S/c24-18-10-12-19(13-11-18)29-22(16-6-2-1-3-7-16)27-28-23(29)32-15-21(31)26-25-14-17-8-4-5-9-20(17)30/h1-14H,15H2,(H2,25,26,30,31). The Morgan fingerprint density at radius 3 is 2.56 bits per heavy atom. The van der Waals surface area contributed by atoms with Gasteiger partial charge in [0.05, 0.1) is 22.6 Å². The Hall–Kier alpha value is -3.43. The summed E-state index contributed by atoms with van der Waals surface area (Å²) in [6, 6.07) is 24.2. The first-order chi connectivity index (χ1) is 15.6. The molecule has 0 saturated heterocycles. The Morgan fingerprint density at radius 2 is 1.81 bits per heavy atom. The van der Waals surface area contributed by atoms with Gasteiger partial charge in [0.25, 0.3) is 11.7 Å². The number of H-pyrrole nitrogens is 1. The predicted octanol–water partition coefficient (Wildman–Crippen LogP) is 3.43. The van der Waals surface area contributed by atoms with E-state index in [4.69, 9.17) is 0 Å². The van der Waals surface area contributed by atoms with E-state index in [1.54, 1.807) is 18.2 Å². The van der Waals surface area contributed by atoms with Crippen LogP contribution in [0.2, 0.25) is 0 Å². The Labute approximate surface area is 197 Å². The number of aromatic amines is 1. The summed E-state index contributed by atoms with van der Waals surface area (Å²) in [7, 11) is 0. The molecule has 4 aromatic rings. The van der Waals surface area contributed by atoms with Crippen molar-refractivity contribution < 1.29 is 14.5 Å². The van der Waals surface area contributed by atoms with Crippen molar-refractivity contribution >= 4 is 39.8 Å². The molecule has 0 fully saturated rings. The molecule has 1 heterocycles. The zero-order valence-electron chi connectivity index (χ0n) is 16.7. The van der Waals surface area contributed by atoms with E-state index in [2.05, 4.69) is 36.7 Å². The maximum absolute atomic E-state index is 12.3. The first-order valence-corrected chi connectivity index (χ1v) is 11.4. The normalized spacial score (nSPS) is 11.0. The van der Waals surface area contributed by atoms with Gasteiger partial charge in [0.2, 0.25) is 0 Å². The van der Waals surface area contributed by atoms with E-state index in [1.165, 1.54) is 24.0 Å². The summed E-state index contributed by atoms with van der Waals surface area (Å²) in [6.07, 6.45) is 1.34. The minimum Gasteiger partial charge on any atom is -0.872 e. The number of thioether (sulfide) groups is 1. The summed E-state index contributed by atoms with van der Waals surface area (Å²) in [5.74, 6) is 0.453. The van der Waals surface area contributed by atoms with Gasteiger partial charge >= 0.3 is 5.16 Å². The average molecular weight is 508 g/mol. The molecule has 9 heteroatoms. The van der Waals surface area contributed by atoms with E-state index in [1.807, 2.05) is 59.2 Å². The smallest absolute Gasteiger partial charge is 0.342 e. The maximum Gasteiger partial charge on any atom is 0.342 e. The molecule has 1 amide bonds. The van der Waals surface area contributed by atoms with Crippen LogP contribution in [0, 0.1) is 0 Å². The number of halogens is 1. The van der Waals surface area contributed by atoms with Crippen LogP contribution in [0.15, 0.2) is 93.6 Å². The van der Waals surface area contributed by atoms with Crippen LogP contribution in [0.1, 0.15) is 5.56 Å². The van der Waals surface area contributed by atoms with Crippen LogP contribution in [0.3, 0.4) is 0 Å². The number of rotatable bonds is 7. The van der Waals surface area contributed by atoms with Gasteiger partial charge in [-0.05, 0) is 53.7 Å². The molecule has 0 bridgehead atoms. The van der Waals surface area contributed by atoms with Crippen LogP contribution in [0.5, 0.6) is 5.75 Å². The molecule has 2 N–H and O–H groups in total. The van der Waals surface area contributed by atoms with Gasteiger partial charge < -0.3 is 5.11 Å². The fraction of sp³-hybridized carbons (Fsp3) is 0.0435. The number of para-hydroxylation sites is 1. The molecule has 7 nitrogen and oxygen atoms in total. The quantitative estimate of drug-likeness (QED) is 0.173. The number of amides is 1. The minimum atomic E-state index is -0.304. The number of benzene rings is 3. The summed E-state index contributed by atoms with van der Waals surface area (Å²) < 4.78 is 2.94. The van der Waals surface area contributed by atoms with Crippen LogP contribution in [-0.4, -0.2) is 28.1 Å². The number of carbonyl (C=O) groups is 1. The van der Waals surface area contributed by atoms with Crippen LogP contribution in [-0.2, 0) is 4.79 Å². The van der Waals surface area contributed by atoms with E-state index in [9.17, 15) is 9.90 Å². The minimum absolute atomic E-state index is 0.103. The van der Waals surface area contributed by atoms with Gasteiger partial charge in [0.1, 0.15) is 5.69 Å². The van der Waals surface area contributed by atoms with Crippen molar-refractivity contribution in [2.45, 2.75) is 5.16 Å². The molecule has 0 unspecified atom stereocenters. The van der Waals surface area contributed by atoms with E-state index < -0.39 is 0 Å². The lowest BCUT2D eigenvalue weighted by molar-refractivity contribution is -0.625. The van der Waals surface area contributed by atoms with Gasteiger partial charge in [-0.15, -0.1) is 5.10 Å². The van der Waals surface area contributed by atoms with Crippen molar-refractivity contribution in [2.75, 3.05) is 5.75 Å². The Kier molecular flexibility index (Phi) is 6.98. The van der Waals surface area contributed by atoms with Gasteiger partial charge in [0.15, 0.2) is 0 Å². The molecular weight excluding hydrogens is 490 g/mol. The monoisotopic (exact) mass is 507 g/mol. The molecule has 0 aliphatic heterocycles. The molecular formula is C23H18BrN5O2S. The molecule has 160 valence electrons. The molecule has 0 saturated carbocycles. The van der Waals surface area contributed by atoms with Crippen molar-refractivity contribution in [3.8, 4) is 22.8 Å². The van der Waals surface area contributed by atoms with Gasteiger partial charge in [-0.25, -0.2) is 5.43 Å². The molecule has 0 aliphatic rings. The van der Waals surface area contributed by atoms with Crippen LogP contribution < -0.4 is 15.1 Å². The SMILES string of the molecule is O=C(CSc1n[nH]c(-c2ccccc2)[n+]1-c1ccc(Br)cc1)NN=Cc1ccccc1[O-]. The molecule has 0 spiro atoms. The van der Waals surface area contributed by atoms with Crippen molar-refractivity contribution in [2.24, 2.45) is 5.10 Å². The molecule has 0 aliphatic carbocycles. The molecule has 1 aromatic heterocycles. The Bertz CT molecular complexity index is 1240. The third kappa shape index (κ3) is 5.24. The summed E-state index contributed by atoms with van der Waals surface area (Å²) >= 11 is 4.74. The predicted molar refractivity (Wildman–Crippen MR) is 126 cm³/mol. The lowest BCUT2D eigenvalue weighted by atomic mass is 10.2. The zero-order valence-corrected chi connectivity index (χ0v) is 19.1. The second kappa shape index (κ2) is 10.3. The third-order valence-corrected chi connectivity index (χ3v) is 5.92. The van der Waals surface area contributed by atoms with Gasteiger partial charge in [-0.2, -0.15) is 9.67 Å². The highest BCUT2D eigenvalue weighted by Gasteiger charge is 2.24. The third-order valence-electron chi connectivity index (χ3n) is 4.45. The number of hydrogen-bond acceptors (Lipinski definition) is 5. The van der Waals surface area contributed by atoms with Gasteiger partial charge in [-0.3, -0.25) is 4.79 Å². The molecule has 3 aromatic carbocycles. The highest BCUT2D eigenvalue weighted by Crippen LogP contribution is 2.21. The summed E-state index contributed by atoms with van der Waals surface area (Å²) in [5.41, 5.74) is 4.74. The first kappa shape index (κ1) is 21.8.